The number of carbonyl (C=O) groups excluding carboxylic acids is 1. The first-order chi connectivity index (χ1) is 17.3. The molecule has 1 fully saturated rings. The zero-order chi connectivity index (χ0) is 25.8. The molecule has 1 aliphatic heterocycles. The first-order valence-electron chi connectivity index (χ1n) is 11.6. The number of rotatable bonds is 8. The molecule has 1 N–H and O–H groups in total. The molecule has 36 heavy (non-hydrogen) atoms. The van der Waals surface area contributed by atoms with Gasteiger partial charge in [-0.2, -0.15) is 8.42 Å². The molecule has 1 heterocycles. The Balaban J connectivity index is 1.63. The van der Waals surface area contributed by atoms with Crippen molar-refractivity contribution in [3.63, 3.8) is 0 Å². The maximum atomic E-state index is 13.7. The van der Waals surface area contributed by atoms with E-state index in [1.165, 1.54) is 0 Å². The third kappa shape index (κ3) is 5.26. The Kier molecular flexibility index (Phi) is 7.40. The summed E-state index contributed by atoms with van der Waals surface area (Å²) in [5.41, 5.74) is 1.15. The van der Waals surface area contributed by atoms with Gasteiger partial charge in [0.1, 0.15) is 17.2 Å². The van der Waals surface area contributed by atoms with E-state index in [2.05, 4.69) is 9.62 Å². The quantitative estimate of drug-likeness (QED) is 0.490. The van der Waals surface area contributed by atoms with Crippen LogP contribution >= 0.6 is 0 Å². The van der Waals surface area contributed by atoms with E-state index in [4.69, 9.17) is 13.7 Å². The molecule has 9 heteroatoms. The SMILES string of the molecule is COc1cccc(C2(C(=O)NS(=O)(=O)Oc3ccccc3C)CCN(c3ccccc3OC)CC2)c1. The normalized spacial score (nSPS) is 15.1. The number of amides is 1. The van der Waals surface area contributed by atoms with Crippen LogP contribution in [-0.2, 0) is 20.5 Å². The topological polar surface area (TPSA) is 94.2 Å². The number of piperidine rings is 1. The van der Waals surface area contributed by atoms with E-state index in [0.717, 1.165) is 11.4 Å². The van der Waals surface area contributed by atoms with Gasteiger partial charge in [0.05, 0.1) is 25.3 Å². The minimum atomic E-state index is -4.41. The van der Waals surface area contributed by atoms with Gasteiger partial charge in [0, 0.05) is 13.1 Å². The van der Waals surface area contributed by atoms with Crippen molar-refractivity contribution in [1.82, 2.24) is 4.72 Å². The van der Waals surface area contributed by atoms with Crippen LogP contribution in [-0.4, -0.2) is 41.6 Å². The standard InChI is InChI=1S/C27H30N2O6S/c1-20-9-4-6-13-24(20)35-36(31,32)28-26(30)27(21-10-8-11-22(19-21)33-2)15-17-29(18-16-27)23-12-5-7-14-25(23)34-3/h4-14,19H,15-18H2,1-3H3,(H,28,30). The van der Waals surface area contributed by atoms with Crippen LogP contribution in [0.5, 0.6) is 17.2 Å². The molecule has 0 aromatic heterocycles. The lowest BCUT2D eigenvalue weighted by atomic mass is 9.72. The lowest BCUT2D eigenvalue weighted by Crippen LogP contribution is -2.53. The van der Waals surface area contributed by atoms with Gasteiger partial charge in [-0.15, -0.1) is 0 Å². The number of carbonyl (C=O) groups is 1. The van der Waals surface area contributed by atoms with Crippen molar-refractivity contribution in [2.24, 2.45) is 0 Å². The number of nitrogens with zero attached hydrogens (tertiary/aromatic N) is 1. The number of hydrogen-bond donors (Lipinski definition) is 1. The fourth-order valence-electron chi connectivity index (χ4n) is 4.59. The van der Waals surface area contributed by atoms with Gasteiger partial charge in [0.15, 0.2) is 0 Å². The Hall–Kier alpha value is -3.72. The molecule has 0 spiro atoms. The third-order valence-electron chi connectivity index (χ3n) is 6.61. The van der Waals surface area contributed by atoms with Crippen LogP contribution in [0.4, 0.5) is 5.69 Å². The predicted octanol–water partition coefficient (Wildman–Crippen LogP) is 3.99. The van der Waals surface area contributed by atoms with Crippen molar-refractivity contribution in [2.75, 3.05) is 32.2 Å². The van der Waals surface area contributed by atoms with Gasteiger partial charge in [0.25, 0.3) is 0 Å². The summed E-state index contributed by atoms with van der Waals surface area (Å²) in [6.45, 7) is 2.77. The average Bonchev–Trinajstić information content (AvgIpc) is 2.89. The van der Waals surface area contributed by atoms with E-state index in [-0.39, 0.29) is 5.75 Å². The molecule has 1 aliphatic rings. The third-order valence-corrected chi connectivity index (χ3v) is 7.44. The molecule has 0 saturated carbocycles. The molecule has 8 nitrogen and oxygen atoms in total. The van der Waals surface area contributed by atoms with E-state index in [0.29, 0.717) is 42.8 Å². The molecule has 0 bridgehead atoms. The summed E-state index contributed by atoms with van der Waals surface area (Å²) in [7, 11) is -1.23. The monoisotopic (exact) mass is 510 g/mol. The number of nitrogens with one attached hydrogen (secondary N) is 1. The summed E-state index contributed by atoms with van der Waals surface area (Å²) >= 11 is 0. The number of ether oxygens (including phenoxy) is 2. The van der Waals surface area contributed by atoms with Crippen LogP contribution in [0, 0.1) is 6.92 Å². The largest absolute Gasteiger partial charge is 0.497 e. The maximum absolute atomic E-state index is 13.7. The lowest BCUT2D eigenvalue weighted by Gasteiger charge is -2.42. The molecular weight excluding hydrogens is 480 g/mol. The summed E-state index contributed by atoms with van der Waals surface area (Å²) in [4.78, 5) is 15.9. The van der Waals surface area contributed by atoms with Gasteiger partial charge in [-0.05, 0) is 61.2 Å². The van der Waals surface area contributed by atoms with Crippen LogP contribution in [0.3, 0.4) is 0 Å². The number of aryl methyl sites for hydroxylation is 1. The van der Waals surface area contributed by atoms with Gasteiger partial charge in [0.2, 0.25) is 5.91 Å². The van der Waals surface area contributed by atoms with E-state index >= 15 is 0 Å². The molecule has 3 aromatic carbocycles. The summed E-state index contributed by atoms with van der Waals surface area (Å²) in [5.74, 6) is 0.860. The Morgan fingerprint density at radius 2 is 1.56 bits per heavy atom. The maximum Gasteiger partial charge on any atom is 0.409 e. The van der Waals surface area contributed by atoms with Crippen molar-refractivity contribution in [2.45, 2.75) is 25.2 Å². The number of methoxy groups -OCH3 is 2. The van der Waals surface area contributed by atoms with Gasteiger partial charge in [-0.25, -0.2) is 4.72 Å². The highest BCUT2D eigenvalue weighted by atomic mass is 32.2. The van der Waals surface area contributed by atoms with E-state index in [9.17, 15) is 13.2 Å². The van der Waals surface area contributed by atoms with Crippen LogP contribution in [0.15, 0.2) is 72.8 Å². The van der Waals surface area contributed by atoms with Gasteiger partial charge in [-0.3, -0.25) is 4.79 Å². The molecule has 1 saturated heterocycles. The van der Waals surface area contributed by atoms with E-state index in [1.54, 1.807) is 63.6 Å². The molecule has 0 radical (unpaired) electrons. The highest BCUT2D eigenvalue weighted by molar-refractivity contribution is 7.85. The van der Waals surface area contributed by atoms with Crippen molar-refractivity contribution < 1.29 is 26.9 Å². The summed E-state index contributed by atoms with van der Waals surface area (Å²) in [5, 5.41) is 0. The van der Waals surface area contributed by atoms with E-state index in [1.807, 2.05) is 30.3 Å². The Morgan fingerprint density at radius 1 is 0.889 bits per heavy atom. The lowest BCUT2D eigenvalue weighted by molar-refractivity contribution is -0.125. The Morgan fingerprint density at radius 3 is 2.22 bits per heavy atom. The highest BCUT2D eigenvalue weighted by Crippen LogP contribution is 2.40. The molecule has 1 amide bonds. The molecule has 0 unspecified atom stereocenters. The zero-order valence-corrected chi connectivity index (χ0v) is 21.4. The molecule has 0 atom stereocenters. The zero-order valence-electron chi connectivity index (χ0n) is 20.6. The van der Waals surface area contributed by atoms with Crippen molar-refractivity contribution in [3.05, 3.63) is 83.9 Å². The summed E-state index contributed by atoms with van der Waals surface area (Å²) in [6, 6.07) is 21.6. The van der Waals surface area contributed by atoms with Crippen LogP contribution in [0.1, 0.15) is 24.0 Å². The molecule has 3 aromatic rings. The summed E-state index contributed by atoms with van der Waals surface area (Å²) < 4.78 is 44.0. The van der Waals surface area contributed by atoms with Crippen LogP contribution in [0.2, 0.25) is 0 Å². The number of para-hydroxylation sites is 3. The summed E-state index contributed by atoms with van der Waals surface area (Å²) in [6.07, 6.45) is 0.758. The minimum absolute atomic E-state index is 0.166. The molecule has 4 rings (SSSR count). The first-order valence-corrected chi connectivity index (χ1v) is 13.0. The van der Waals surface area contributed by atoms with Crippen LogP contribution in [0.25, 0.3) is 0 Å². The Labute approximate surface area is 212 Å². The smallest absolute Gasteiger partial charge is 0.409 e. The van der Waals surface area contributed by atoms with Gasteiger partial charge < -0.3 is 18.6 Å². The second-order valence-corrected chi connectivity index (χ2v) is 9.99. The number of hydrogen-bond acceptors (Lipinski definition) is 7. The second kappa shape index (κ2) is 10.5. The Bertz CT molecular complexity index is 1330. The predicted molar refractivity (Wildman–Crippen MR) is 138 cm³/mol. The first kappa shape index (κ1) is 25.4. The van der Waals surface area contributed by atoms with Crippen molar-refractivity contribution in [1.29, 1.82) is 0 Å². The highest BCUT2D eigenvalue weighted by Gasteiger charge is 2.45. The number of anilines is 1. The second-order valence-electron chi connectivity index (χ2n) is 8.71. The minimum Gasteiger partial charge on any atom is -0.497 e. The number of benzene rings is 3. The average molecular weight is 511 g/mol. The molecule has 0 aliphatic carbocycles. The van der Waals surface area contributed by atoms with Crippen LogP contribution < -0.4 is 23.3 Å². The molecular formula is C27H30N2O6S. The molecule has 190 valence electrons. The van der Waals surface area contributed by atoms with Gasteiger partial charge in [-0.1, -0.05) is 42.5 Å². The fraction of sp³-hybridized carbons (Fsp3) is 0.296. The van der Waals surface area contributed by atoms with Crippen molar-refractivity contribution in [3.8, 4) is 17.2 Å². The fourth-order valence-corrected chi connectivity index (χ4v) is 5.48. The van der Waals surface area contributed by atoms with Gasteiger partial charge >= 0.3 is 10.3 Å². The van der Waals surface area contributed by atoms with Crippen molar-refractivity contribution >= 4 is 21.9 Å². The van der Waals surface area contributed by atoms with E-state index < -0.39 is 21.6 Å².